The van der Waals surface area contributed by atoms with Gasteiger partial charge in [-0.2, -0.15) is 0 Å². The Morgan fingerprint density at radius 2 is 2.00 bits per heavy atom. The van der Waals surface area contributed by atoms with Crippen molar-refractivity contribution < 1.29 is 4.79 Å². The number of piperidine rings is 1. The van der Waals surface area contributed by atoms with Gasteiger partial charge in [-0.3, -0.25) is 4.79 Å². The van der Waals surface area contributed by atoms with Crippen molar-refractivity contribution >= 4 is 5.91 Å². The SMILES string of the molecule is Cc1cc(C(=O)NC2CCNC(C)C2)c(C)n1-c1ccccc1. The first-order valence-electron chi connectivity index (χ1n) is 8.35. The monoisotopic (exact) mass is 311 g/mol. The molecule has 1 aromatic carbocycles. The van der Waals surface area contributed by atoms with Crippen LogP contribution in [0.4, 0.5) is 0 Å². The molecule has 2 N–H and O–H groups in total. The van der Waals surface area contributed by atoms with E-state index in [1.54, 1.807) is 0 Å². The van der Waals surface area contributed by atoms with Crippen LogP contribution in [0.25, 0.3) is 5.69 Å². The molecule has 2 heterocycles. The van der Waals surface area contributed by atoms with Crippen LogP contribution in [0, 0.1) is 13.8 Å². The third kappa shape index (κ3) is 3.32. The predicted octanol–water partition coefficient (Wildman–Crippen LogP) is 2.96. The Hall–Kier alpha value is -2.07. The number of carbonyl (C=O) groups excluding carboxylic acids is 1. The minimum absolute atomic E-state index is 0.0411. The van der Waals surface area contributed by atoms with Crippen LogP contribution in [0.2, 0.25) is 0 Å². The van der Waals surface area contributed by atoms with Crippen LogP contribution in [0.1, 0.15) is 41.5 Å². The molecule has 0 spiro atoms. The first kappa shape index (κ1) is 15.8. The number of benzene rings is 1. The van der Waals surface area contributed by atoms with Gasteiger partial charge in [0.05, 0.1) is 5.56 Å². The molecule has 2 unspecified atom stereocenters. The van der Waals surface area contributed by atoms with Crippen molar-refractivity contribution in [2.75, 3.05) is 6.54 Å². The predicted molar refractivity (Wildman–Crippen MR) is 93.2 cm³/mol. The summed E-state index contributed by atoms with van der Waals surface area (Å²) in [4.78, 5) is 12.7. The highest BCUT2D eigenvalue weighted by Crippen LogP contribution is 2.21. The number of hydrogen-bond acceptors (Lipinski definition) is 2. The lowest BCUT2D eigenvalue weighted by molar-refractivity contribution is 0.0925. The molecule has 1 amide bonds. The number of nitrogens with one attached hydrogen (secondary N) is 2. The fourth-order valence-corrected chi connectivity index (χ4v) is 3.49. The van der Waals surface area contributed by atoms with Gasteiger partial charge in [0.15, 0.2) is 0 Å². The van der Waals surface area contributed by atoms with E-state index >= 15 is 0 Å². The molecule has 1 aliphatic heterocycles. The second-order valence-electron chi connectivity index (χ2n) is 6.51. The molecule has 1 aliphatic rings. The Balaban J connectivity index is 1.82. The highest BCUT2D eigenvalue weighted by atomic mass is 16.1. The summed E-state index contributed by atoms with van der Waals surface area (Å²) in [6.07, 6.45) is 1.98. The normalized spacial score (nSPS) is 21.2. The van der Waals surface area contributed by atoms with E-state index in [4.69, 9.17) is 0 Å². The first-order chi connectivity index (χ1) is 11.1. The molecule has 0 bridgehead atoms. The van der Waals surface area contributed by atoms with Crippen molar-refractivity contribution in [3.63, 3.8) is 0 Å². The van der Waals surface area contributed by atoms with Crippen LogP contribution in [0.15, 0.2) is 36.4 Å². The van der Waals surface area contributed by atoms with Crippen molar-refractivity contribution in [1.29, 1.82) is 0 Å². The van der Waals surface area contributed by atoms with Gasteiger partial charge in [0, 0.05) is 29.2 Å². The molecule has 3 rings (SSSR count). The molecular weight excluding hydrogens is 286 g/mol. The Morgan fingerprint density at radius 1 is 1.26 bits per heavy atom. The number of carbonyl (C=O) groups is 1. The summed E-state index contributed by atoms with van der Waals surface area (Å²) in [7, 11) is 0. The fourth-order valence-electron chi connectivity index (χ4n) is 3.49. The lowest BCUT2D eigenvalue weighted by Gasteiger charge is -2.28. The van der Waals surface area contributed by atoms with Crippen LogP contribution in [-0.4, -0.2) is 29.1 Å². The molecule has 0 aliphatic carbocycles. The van der Waals surface area contributed by atoms with Crippen molar-refractivity contribution in [3.05, 3.63) is 53.3 Å². The van der Waals surface area contributed by atoms with Gasteiger partial charge in [-0.1, -0.05) is 18.2 Å². The summed E-state index contributed by atoms with van der Waals surface area (Å²) in [5.74, 6) is 0.0411. The quantitative estimate of drug-likeness (QED) is 0.915. The molecule has 0 radical (unpaired) electrons. The Bertz CT molecular complexity index is 690. The highest BCUT2D eigenvalue weighted by molar-refractivity contribution is 5.96. The van der Waals surface area contributed by atoms with Crippen LogP contribution in [0.5, 0.6) is 0 Å². The molecular formula is C19H25N3O. The van der Waals surface area contributed by atoms with Crippen LogP contribution in [-0.2, 0) is 0 Å². The van der Waals surface area contributed by atoms with Gasteiger partial charge < -0.3 is 15.2 Å². The number of nitrogens with zero attached hydrogens (tertiary/aromatic N) is 1. The standard InChI is InChI=1S/C19H25N3O/c1-13-11-16(9-10-20-13)21-19(23)18-12-14(2)22(15(18)3)17-7-5-4-6-8-17/h4-8,12-13,16,20H,9-11H2,1-3H3,(H,21,23). The summed E-state index contributed by atoms with van der Waals surface area (Å²) < 4.78 is 2.14. The molecule has 4 nitrogen and oxygen atoms in total. The minimum atomic E-state index is 0.0411. The van der Waals surface area contributed by atoms with Gasteiger partial charge in [-0.15, -0.1) is 0 Å². The molecule has 0 saturated carbocycles. The van der Waals surface area contributed by atoms with Crippen molar-refractivity contribution in [2.24, 2.45) is 0 Å². The van der Waals surface area contributed by atoms with Crippen LogP contribution >= 0.6 is 0 Å². The Morgan fingerprint density at radius 3 is 2.70 bits per heavy atom. The first-order valence-corrected chi connectivity index (χ1v) is 8.35. The second-order valence-corrected chi connectivity index (χ2v) is 6.51. The van der Waals surface area contributed by atoms with Crippen molar-refractivity contribution in [3.8, 4) is 5.69 Å². The lowest BCUT2D eigenvalue weighted by Crippen LogP contribution is -2.46. The van der Waals surface area contributed by atoms with E-state index in [0.29, 0.717) is 6.04 Å². The molecule has 1 fully saturated rings. The van der Waals surface area contributed by atoms with E-state index in [-0.39, 0.29) is 11.9 Å². The van der Waals surface area contributed by atoms with Gasteiger partial charge in [0.1, 0.15) is 0 Å². The number of para-hydroxylation sites is 1. The summed E-state index contributed by atoms with van der Waals surface area (Å²) in [5, 5.41) is 6.62. The maximum absolute atomic E-state index is 12.7. The fraction of sp³-hybridized carbons (Fsp3) is 0.421. The zero-order valence-corrected chi connectivity index (χ0v) is 14.1. The van der Waals surface area contributed by atoms with Gasteiger partial charge in [-0.05, 0) is 58.4 Å². The maximum Gasteiger partial charge on any atom is 0.253 e. The summed E-state index contributed by atoms with van der Waals surface area (Å²) in [6.45, 7) is 7.19. The lowest BCUT2D eigenvalue weighted by atomic mass is 10.0. The molecule has 1 saturated heterocycles. The number of hydrogen-bond donors (Lipinski definition) is 2. The molecule has 2 atom stereocenters. The summed E-state index contributed by atoms with van der Waals surface area (Å²) >= 11 is 0. The zero-order valence-electron chi connectivity index (χ0n) is 14.1. The van der Waals surface area contributed by atoms with Gasteiger partial charge in [0.2, 0.25) is 0 Å². The Kier molecular flexibility index (Phi) is 4.53. The third-order valence-electron chi connectivity index (χ3n) is 4.65. The van der Waals surface area contributed by atoms with Gasteiger partial charge in [0.25, 0.3) is 5.91 Å². The van der Waals surface area contributed by atoms with Gasteiger partial charge in [-0.25, -0.2) is 0 Å². The largest absolute Gasteiger partial charge is 0.349 e. The van der Waals surface area contributed by atoms with Gasteiger partial charge >= 0.3 is 0 Å². The number of amides is 1. The van der Waals surface area contributed by atoms with Crippen molar-refractivity contribution in [2.45, 2.75) is 45.7 Å². The topological polar surface area (TPSA) is 46.1 Å². The third-order valence-corrected chi connectivity index (χ3v) is 4.65. The van der Waals surface area contributed by atoms with E-state index in [1.165, 1.54) is 0 Å². The smallest absolute Gasteiger partial charge is 0.253 e. The van der Waals surface area contributed by atoms with E-state index in [0.717, 1.165) is 42.0 Å². The van der Waals surface area contributed by atoms with E-state index in [1.807, 2.05) is 38.1 Å². The molecule has 2 aromatic rings. The molecule has 4 heteroatoms. The average Bonchev–Trinajstić information content (AvgIpc) is 2.83. The number of aromatic nitrogens is 1. The van der Waals surface area contributed by atoms with Crippen LogP contribution in [0.3, 0.4) is 0 Å². The zero-order chi connectivity index (χ0) is 16.4. The molecule has 23 heavy (non-hydrogen) atoms. The molecule has 122 valence electrons. The molecule has 1 aromatic heterocycles. The summed E-state index contributed by atoms with van der Waals surface area (Å²) in [6, 6.07) is 12.9. The maximum atomic E-state index is 12.7. The van der Waals surface area contributed by atoms with Crippen LogP contribution < -0.4 is 10.6 Å². The average molecular weight is 311 g/mol. The highest BCUT2D eigenvalue weighted by Gasteiger charge is 2.23. The second kappa shape index (κ2) is 6.59. The minimum Gasteiger partial charge on any atom is -0.349 e. The van der Waals surface area contributed by atoms with E-state index in [2.05, 4.69) is 34.3 Å². The van der Waals surface area contributed by atoms with E-state index < -0.39 is 0 Å². The van der Waals surface area contributed by atoms with Crippen molar-refractivity contribution in [1.82, 2.24) is 15.2 Å². The number of rotatable bonds is 3. The van der Waals surface area contributed by atoms with E-state index in [9.17, 15) is 4.79 Å². The number of aryl methyl sites for hydroxylation is 1. The summed E-state index contributed by atoms with van der Waals surface area (Å²) in [5.41, 5.74) is 3.94. The Labute approximate surface area is 137 Å².